The topological polar surface area (TPSA) is 44.8 Å². The van der Waals surface area contributed by atoms with Crippen LogP contribution in [-0.2, 0) is 4.79 Å². The molecule has 3 rings (SSSR count). The molecule has 1 saturated heterocycles. The number of methoxy groups -OCH3 is 1. The van der Waals surface area contributed by atoms with E-state index in [4.69, 9.17) is 4.74 Å². The van der Waals surface area contributed by atoms with Crippen LogP contribution in [0.5, 0.6) is 5.75 Å². The fourth-order valence-electron chi connectivity index (χ4n) is 3.80. The van der Waals surface area contributed by atoms with Gasteiger partial charge in [0.05, 0.1) is 18.8 Å². The number of rotatable bonds is 7. The van der Waals surface area contributed by atoms with Crippen LogP contribution in [0.15, 0.2) is 41.8 Å². The quantitative estimate of drug-likeness (QED) is 0.767. The lowest BCUT2D eigenvalue weighted by Gasteiger charge is -2.42. The third kappa shape index (κ3) is 4.67. The number of amides is 1. The summed E-state index contributed by atoms with van der Waals surface area (Å²) in [5.41, 5.74) is 1.15. The summed E-state index contributed by atoms with van der Waals surface area (Å²) < 4.78 is 5.54. The molecule has 1 aromatic heterocycles. The molecule has 152 valence electrons. The van der Waals surface area contributed by atoms with Crippen molar-refractivity contribution in [3.05, 3.63) is 46.7 Å². The van der Waals surface area contributed by atoms with Crippen LogP contribution >= 0.6 is 11.3 Å². The Morgan fingerprint density at radius 3 is 2.39 bits per heavy atom. The third-order valence-corrected chi connectivity index (χ3v) is 6.28. The molecule has 2 atom stereocenters. The van der Waals surface area contributed by atoms with Gasteiger partial charge in [0.2, 0.25) is 5.91 Å². The van der Waals surface area contributed by atoms with E-state index in [0.717, 1.165) is 37.6 Å². The third-order valence-electron chi connectivity index (χ3n) is 5.34. The van der Waals surface area contributed by atoms with Crippen LogP contribution in [0.1, 0.15) is 31.7 Å². The highest BCUT2D eigenvalue weighted by atomic mass is 32.1. The van der Waals surface area contributed by atoms with Crippen molar-refractivity contribution in [1.29, 1.82) is 0 Å². The van der Waals surface area contributed by atoms with Crippen LogP contribution in [0, 0.1) is 5.92 Å². The van der Waals surface area contributed by atoms with E-state index in [9.17, 15) is 4.79 Å². The molecule has 1 amide bonds. The van der Waals surface area contributed by atoms with Crippen LogP contribution in [0.4, 0.5) is 5.69 Å². The van der Waals surface area contributed by atoms with Gasteiger partial charge in [-0.25, -0.2) is 0 Å². The summed E-state index contributed by atoms with van der Waals surface area (Å²) in [6, 6.07) is 12.7. The van der Waals surface area contributed by atoms with E-state index in [0.29, 0.717) is 0 Å². The lowest BCUT2D eigenvalue weighted by Crippen LogP contribution is -2.52. The van der Waals surface area contributed by atoms with Crippen LogP contribution < -0.4 is 15.0 Å². The first kappa shape index (κ1) is 20.7. The molecule has 1 N–H and O–H groups in total. The summed E-state index contributed by atoms with van der Waals surface area (Å²) in [6.45, 7) is 9.77. The van der Waals surface area contributed by atoms with Gasteiger partial charge >= 0.3 is 0 Å². The Labute approximate surface area is 172 Å². The van der Waals surface area contributed by atoms with Gasteiger partial charge in [-0.15, -0.1) is 11.3 Å². The van der Waals surface area contributed by atoms with E-state index in [1.165, 1.54) is 4.88 Å². The van der Waals surface area contributed by atoms with Gasteiger partial charge in [0.1, 0.15) is 5.75 Å². The zero-order valence-electron chi connectivity index (χ0n) is 17.2. The van der Waals surface area contributed by atoms with Crippen LogP contribution in [-0.4, -0.2) is 50.1 Å². The maximum Gasteiger partial charge on any atom is 0.222 e. The molecule has 6 heteroatoms. The minimum absolute atomic E-state index is 0.00571. The molecule has 0 aliphatic carbocycles. The number of ether oxygens (including phenoxy) is 1. The average molecular weight is 402 g/mol. The lowest BCUT2D eigenvalue weighted by molar-refractivity contribution is -0.125. The highest BCUT2D eigenvalue weighted by molar-refractivity contribution is 7.10. The second-order valence-corrected chi connectivity index (χ2v) is 8.59. The second kappa shape index (κ2) is 9.43. The van der Waals surface area contributed by atoms with Gasteiger partial charge in [0.15, 0.2) is 0 Å². The zero-order valence-corrected chi connectivity index (χ0v) is 18.0. The SMILES string of the molecule is COc1ccccc1N1CCN(C(c2cccs2)C(C)NC(=O)C(C)C)CC1. The second-order valence-electron chi connectivity index (χ2n) is 7.61. The molecule has 2 aromatic rings. The monoisotopic (exact) mass is 401 g/mol. The molecule has 0 bridgehead atoms. The Kier molecular flexibility index (Phi) is 6.97. The van der Waals surface area contributed by atoms with Gasteiger partial charge in [-0.05, 0) is 30.5 Å². The van der Waals surface area contributed by atoms with Crippen molar-refractivity contribution >= 4 is 22.9 Å². The average Bonchev–Trinajstić information content (AvgIpc) is 3.22. The molecule has 0 saturated carbocycles. The summed E-state index contributed by atoms with van der Waals surface area (Å²) in [6.07, 6.45) is 0. The number of carbonyl (C=O) groups excluding carboxylic acids is 1. The van der Waals surface area contributed by atoms with Crippen LogP contribution in [0.2, 0.25) is 0 Å². The Hall–Kier alpha value is -2.05. The highest BCUT2D eigenvalue weighted by Crippen LogP contribution is 2.32. The summed E-state index contributed by atoms with van der Waals surface area (Å²) in [5.74, 6) is 1.03. The molecular formula is C22H31N3O2S. The lowest BCUT2D eigenvalue weighted by atomic mass is 10.0. The van der Waals surface area contributed by atoms with E-state index in [2.05, 4.69) is 51.7 Å². The van der Waals surface area contributed by atoms with Crippen molar-refractivity contribution in [2.45, 2.75) is 32.9 Å². The fourth-order valence-corrected chi connectivity index (χ4v) is 4.77. The van der Waals surface area contributed by atoms with Crippen LogP contribution in [0.25, 0.3) is 0 Å². The number of nitrogens with one attached hydrogen (secondary N) is 1. The Morgan fingerprint density at radius 1 is 1.07 bits per heavy atom. The highest BCUT2D eigenvalue weighted by Gasteiger charge is 2.31. The van der Waals surface area contributed by atoms with Crippen molar-refractivity contribution in [2.75, 3.05) is 38.2 Å². The first-order chi connectivity index (χ1) is 13.5. The van der Waals surface area contributed by atoms with E-state index >= 15 is 0 Å². The first-order valence-electron chi connectivity index (χ1n) is 9.97. The number of anilines is 1. The maximum atomic E-state index is 12.3. The summed E-state index contributed by atoms with van der Waals surface area (Å²) in [4.78, 5) is 18.5. The number of hydrogen-bond acceptors (Lipinski definition) is 5. The van der Waals surface area contributed by atoms with Gasteiger partial charge in [0.25, 0.3) is 0 Å². The number of hydrogen-bond donors (Lipinski definition) is 1. The Balaban J connectivity index is 1.72. The van der Waals surface area contributed by atoms with Gasteiger partial charge in [-0.1, -0.05) is 32.0 Å². The predicted molar refractivity (Wildman–Crippen MR) is 116 cm³/mol. The normalized spacial score (nSPS) is 17.4. The van der Waals surface area contributed by atoms with Crippen molar-refractivity contribution in [3.63, 3.8) is 0 Å². The molecule has 5 nitrogen and oxygen atoms in total. The molecule has 2 heterocycles. The Bertz CT molecular complexity index is 755. The van der Waals surface area contributed by atoms with E-state index < -0.39 is 0 Å². The number of benzene rings is 1. The zero-order chi connectivity index (χ0) is 20.1. The number of piperazine rings is 1. The molecule has 1 fully saturated rings. The molecule has 0 radical (unpaired) electrons. The van der Waals surface area contributed by atoms with E-state index in [1.807, 2.05) is 26.0 Å². The summed E-state index contributed by atoms with van der Waals surface area (Å²) >= 11 is 1.77. The van der Waals surface area contributed by atoms with Gasteiger partial charge in [0, 0.05) is 43.0 Å². The molecule has 28 heavy (non-hydrogen) atoms. The number of para-hydroxylation sites is 2. The standard InChI is InChI=1S/C22H31N3O2S/c1-16(2)22(26)23-17(3)21(20-10-7-15-28-20)25-13-11-24(12-14-25)18-8-5-6-9-19(18)27-4/h5-10,15-17,21H,11-14H2,1-4H3,(H,23,26). The van der Waals surface area contributed by atoms with E-state index in [-0.39, 0.29) is 23.9 Å². The molecule has 0 spiro atoms. The van der Waals surface area contributed by atoms with Crippen molar-refractivity contribution in [3.8, 4) is 5.75 Å². The number of carbonyl (C=O) groups is 1. The van der Waals surface area contributed by atoms with Crippen molar-refractivity contribution in [2.24, 2.45) is 5.92 Å². The largest absolute Gasteiger partial charge is 0.495 e. The number of nitrogens with zero attached hydrogens (tertiary/aromatic N) is 2. The predicted octanol–water partition coefficient (Wildman–Crippen LogP) is 3.78. The minimum Gasteiger partial charge on any atom is -0.495 e. The minimum atomic E-state index is -0.00571. The van der Waals surface area contributed by atoms with Gasteiger partial charge < -0.3 is 15.0 Å². The first-order valence-corrected chi connectivity index (χ1v) is 10.8. The smallest absolute Gasteiger partial charge is 0.222 e. The van der Waals surface area contributed by atoms with Gasteiger partial charge in [-0.3, -0.25) is 9.69 Å². The number of thiophene rings is 1. The maximum absolute atomic E-state index is 12.3. The molecule has 1 aromatic carbocycles. The summed E-state index contributed by atoms with van der Waals surface area (Å²) in [5, 5.41) is 5.33. The molecule has 1 aliphatic rings. The summed E-state index contributed by atoms with van der Waals surface area (Å²) in [7, 11) is 1.72. The van der Waals surface area contributed by atoms with Gasteiger partial charge in [-0.2, -0.15) is 0 Å². The van der Waals surface area contributed by atoms with E-state index in [1.54, 1.807) is 18.4 Å². The van der Waals surface area contributed by atoms with Crippen LogP contribution in [0.3, 0.4) is 0 Å². The molecule has 2 unspecified atom stereocenters. The fraction of sp³-hybridized carbons (Fsp3) is 0.500. The molecule has 1 aliphatic heterocycles. The molecular weight excluding hydrogens is 370 g/mol. The van der Waals surface area contributed by atoms with Crippen molar-refractivity contribution in [1.82, 2.24) is 10.2 Å². The Morgan fingerprint density at radius 2 is 1.79 bits per heavy atom. The van der Waals surface area contributed by atoms with Crippen molar-refractivity contribution < 1.29 is 9.53 Å².